The summed E-state index contributed by atoms with van der Waals surface area (Å²) in [5, 5.41) is 4.71. The lowest BCUT2D eigenvalue weighted by atomic mass is 10.1. The molecule has 0 saturated heterocycles. The number of ether oxygens (including phenoxy) is 1. The lowest BCUT2D eigenvalue weighted by molar-refractivity contribution is -0.137. The highest BCUT2D eigenvalue weighted by atomic mass is 19.4. The van der Waals surface area contributed by atoms with Crippen LogP contribution in [0.1, 0.15) is 36.7 Å². The molecule has 1 aromatic carbocycles. The standard InChI is InChI=1S/C15H19F3N2O3/c1-14(2,3)23-13(22)20-9-8-19-12(21)10-6-4-5-7-11(10)15(16,17)18/h4-7H,8-9H2,1-3H3,(H,19,21)(H,20,22). The number of amides is 2. The van der Waals surface area contributed by atoms with Crippen molar-refractivity contribution in [1.29, 1.82) is 0 Å². The molecule has 0 aliphatic heterocycles. The van der Waals surface area contributed by atoms with Crippen LogP contribution in [-0.4, -0.2) is 30.7 Å². The molecule has 1 rings (SSSR count). The molecule has 0 saturated carbocycles. The number of alkyl halides is 3. The van der Waals surface area contributed by atoms with Gasteiger partial charge in [-0.05, 0) is 32.9 Å². The van der Waals surface area contributed by atoms with Crippen LogP contribution in [0.3, 0.4) is 0 Å². The summed E-state index contributed by atoms with van der Waals surface area (Å²) in [6.07, 6.45) is -5.27. The Balaban J connectivity index is 2.51. The predicted octanol–water partition coefficient (Wildman–Crippen LogP) is 2.96. The lowest BCUT2D eigenvalue weighted by Crippen LogP contribution is -2.38. The van der Waals surface area contributed by atoms with Crippen LogP contribution in [0.4, 0.5) is 18.0 Å². The van der Waals surface area contributed by atoms with E-state index in [1.54, 1.807) is 20.8 Å². The molecule has 5 nitrogen and oxygen atoms in total. The predicted molar refractivity (Wildman–Crippen MR) is 78.0 cm³/mol. The van der Waals surface area contributed by atoms with Crippen molar-refractivity contribution in [2.75, 3.05) is 13.1 Å². The fourth-order valence-corrected chi connectivity index (χ4v) is 1.68. The molecular formula is C15H19F3N2O3. The van der Waals surface area contributed by atoms with Crippen LogP contribution in [0.5, 0.6) is 0 Å². The van der Waals surface area contributed by atoms with Crippen LogP contribution in [0.15, 0.2) is 24.3 Å². The summed E-state index contributed by atoms with van der Waals surface area (Å²) in [6, 6.07) is 4.50. The van der Waals surface area contributed by atoms with Gasteiger partial charge in [-0.3, -0.25) is 4.79 Å². The van der Waals surface area contributed by atoms with Gasteiger partial charge in [0.25, 0.3) is 5.91 Å². The number of halogens is 3. The number of alkyl carbamates (subject to hydrolysis) is 1. The van der Waals surface area contributed by atoms with Crippen molar-refractivity contribution in [3.8, 4) is 0 Å². The van der Waals surface area contributed by atoms with E-state index in [2.05, 4.69) is 10.6 Å². The van der Waals surface area contributed by atoms with Crippen molar-refractivity contribution in [2.45, 2.75) is 32.5 Å². The van der Waals surface area contributed by atoms with Crippen molar-refractivity contribution in [2.24, 2.45) is 0 Å². The molecular weight excluding hydrogens is 313 g/mol. The van der Waals surface area contributed by atoms with Gasteiger partial charge < -0.3 is 15.4 Å². The first-order valence-electron chi connectivity index (χ1n) is 6.92. The lowest BCUT2D eigenvalue weighted by Gasteiger charge is -2.19. The van der Waals surface area contributed by atoms with Crippen LogP contribution in [-0.2, 0) is 10.9 Å². The molecule has 0 aliphatic carbocycles. The number of carbonyl (C=O) groups is 2. The van der Waals surface area contributed by atoms with E-state index in [4.69, 9.17) is 4.74 Å². The van der Waals surface area contributed by atoms with E-state index in [-0.39, 0.29) is 13.1 Å². The minimum absolute atomic E-state index is 0.0235. The molecule has 0 aromatic heterocycles. The van der Waals surface area contributed by atoms with Gasteiger partial charge in [0.15, 0.2) is 0 Å². The number of nitrogens with one attached hydrogen (secondary N) is 2. The van der Waals surface area contributed by atoms with Crippen molar-refractivity contribution < 1.29 is 27.5 Å². The number of hydrogen-bond acceptors (Lipinski definition) is 3. The normalized spacial score (nSPS) is 11.7. The van der Waals surface area contributed by atoms with Gasteiger partial charge in [0, 0.05) is 13.1 Å². The second-order valence-electron chi connectivity index (χ2n) is 5.73. The molecule has 0 heterocycles. The van der Waals surface area contributed by atoms with Crippen LogP contribution < -0.4 is 10.6 Å². The molecule has 0 bridgehead atoms. The van der Waals surface area contributed by atoms with E-state index in [1.807, 2.05) is 0 Å². The molecule has 2 amide bonds. The van der Waals surface area contributed by atoms with E-state index >= 15 is 0 Å². The molecule has 0 atom stereocenters. The number of benzene rings is 1. The Morgan fingerprint density at radius 1 is 1.04 bits per heavy atom. The maximum atomic E-state index is 12.8. The molecule has 0 spiro atoms. The minimum Gasteiger partial charge on any atom is -0.444 e. The minimum atomic E-state index is -4.61. The zero-order valence-electron chi connectivity index (χ0n) is 13.1. The maximum Gasteiger partial charge on any atom is 0.417 e. The highest BCUT2D eigenvalue weighted by Crippen LogP contribution is 2.31. The fraction of sp³-hybridized carbons (Fsp3) is 0.467. The monoisotopic (exact) mass is 332 g/mol. The smallest absolute Gasteiger partial charge is 0.417 e. The molecule has 0 unspecified atom stereocenters. The van der Waals surface area contributed by atoms with Crippen LogP contribution in [0, 0.1) is 0 Å². The quantitative estimate of drug-likeness (QED) is 0.833. The largest absolute Gasteiger partial charge is 0.444 e. The third-order valence-electron chi connectivity index (χ3n) is 2.56. The average molecular weight is 332 g/mol. The summed E-state index contributed by atoms with van der Waals surface area (Å²) >= 11 is 0. The molecule has 0 radical (unpaired) electrons. The summed E-state index contributed by atoms with van der Waals surface area (Å²) in [4.78, 5) is 23.2. The van der Waals surface area contributed by atoms with Gasteiger partial charge in [0.1, 0.15) is 5.60 Å². The van der Waals surface area contributed by atoms with Crippen molar-refractivity contribution in [1.82, 2.24) is 10.6 Å². The Morgan fingerprint density at radius 2 is 1.61 bits per heavy atom. The zero-order valence-corrected chi connectivity index (χ0v) is 13.1. The first kappa shape index (κ1) is 18.8. The van der Waals surface area contributed by atoms with Gasteiger partial charge >= 0.3 is 12.3 Å². The molecule has 1 aromatic rings. The molecule has 2 N–H and O–H groups in total. The summed E-state index contributed by atoms with van der Waals surface area (Å²) in [7, 11) is 0. The third-order valence-corrected chi connectivity index (χ3v) is 2.56. The van der Waals surface area contributed by atoms with Crippen LogP contribution in [0.25, 0.3) is 0 Å². The average Bonchev–Trinajstić information content (AvgIpc) is 2.40. The van der Waals surface area contributed by atoms with Gasteiger partial charge in [-0.25, -0.2) is 4.79 Å². The van der Waals surface area contributed by atoms with Gasteiger partial charge in [0.2, 0.25) is 0 Å². The first-order chi connectivity index (χ1) is 10.5. The Kier molecular flexibility index (Phi) is 6.00. The van der Waals surface area contributed by atoms with Gasteiger partial charge in [-0.1, -0.05) is 12.1 Å². The summed E-state index contributed by atoms with van der Waals surface area (Å²) < 4.78 is 43.4. The van der Waals surface area contributed by atoms with Crippen molar-refractivity contribution >= 4 is 12.0 Å². The third kappa shape index (κ3) is 6.58. The first-order valence-corrected chi connectivity index (χ1v) is 6.92. The second kappa shape index (κ2) is 7.34. The topological polar surface area (TPSA) is 67.4 Å². The number of carbonyl (C=O) groups excluding carboxylic acids is 2. The second-order valence-corrected chi connectivity index (χ2v) is 5.73. The summed E-state index contributed by atoms with van der Waals surface area (Å²) in [6.45, 7) is 5.10. The van der Waals surface area contributed by atoms with E-state index < -0.39 is 34.9 Å². The fourth-order valence-electron chi connectivity index (χ4n) is 1.68. The SMILES string of the molecule is CC(C)(C)OC(=O)NCCNC(=O)c1ccccc1C(F)(F)F. The van der Waals surface area contributed by atoms with Crippen molar-refractivity contribution in [3.63, 3.8) is 0 Å². The molecule has 0 fully saturated rings. The molecule has 8 heteroatoms. The Hall–Kier alpha value is -2.25. The van der Waals surface area contributed by atoms with E-state index in [0.717, 1.165) is 12.1 Å². The highest BCUT2D eigenvalue weighted by molar-refractivity contribution is 5.95. The molecule has 23 heavy (non-hydrogen) atoms. The highest BCUT2D eigenvalue weighted by Gasteiger charge is 2.34. The van der Waals surface area contributed by atoms with E-state index in [0.29, 0.717) is 0 Å². The Labute approximate surface area is 132 Å². The van der Waals surface area contributed by atoms with Crippen molar-refractivity contribution in [3.05, 3.63) is 35.4 Å². The van der Waals surface area contributed by atoms with Crippen LogP contribution in [0.2, 0.25) is 0 Å². The maximum absolute atomic E-state index is 12.8. The van der Waals surface area contributed by atoms with Gasteiger partial charge in [-0.2, -0.15) is 13.2 Å². The Bertz CT molecular complexity index is 566. The van der Waals surface area contributed by atoms with Gasteiger partial charge in [0.05, 0.1) is 11.1 Å². The van der Waals surface area contributed by atoms with Crippen LogP contribution >= 0.6 is 0 Å². The number of hydrogen-bond donors (Lipinski definition) is 2. The summed E-state index contributed by atoms with van der Waals surface area (Å²) in [5.74, 6) is -0.857. The summed E-state index contributed by atoms with van der Waals surface area (Å²) in [5.41, 5.74) is -2.12. The molecule has 128 valence electrons. The Morgan fingerprint density at radius 3 is 2.17 bits per heavy atom. The van der Waals surface area contributed by atoms with E-state index in [1.165, 1.54) is 12.1 Å². The zero-order chi connectivity index (χ0) is 17.7. The number of rotatable bonds is 4. The van der Waals surface area contributed by atoms with E-state index in [9.17, 15) is 22.8 Å². The van der Waals surface area contributed by atoms with Gasteiger partial charge in [-0.15, -0.1) is 0 Å². The molecule has 0 aliphatic rings.